The highest BCUT2D eigenvalue weighted by Crippen LogP contribution is 2.26. The number of aryl methyl sites for hydroxylation is 1. The van der Waals surface area contributed by atoms with Gasteiger partial charge in [-0.15, -0.1) is 0 Å². The van der Waals surface area contributed by atoms with E-state index in [1.54, 1.807) is 13.2 Å². The molecule has 2 aromatic rings. The summed E-state index contributed by atoms with van der Waals surface area (Å²) in [7, 11) is 1.66. The number of ether oxygens (including phenoxy) is 1. The van der Waals surface area contributed by atoms with Gasteiger partial charge in [0.05, 0.1) is 13.2 Å². The maximum atomic E-state index is 13.3. The number of carbonyl (C=O) groups excluding carboxylic acids is 1. The summed E-state index contributed by atoms with van der Waals surface area (Å²) in [6, 6.07) is 14.7. The molecule has 4 nitrogen and oxygen atoms in total. The first-order valence-corrected chi connectivity index (χ1v) is 10.0. The van der Waals surface area contributed by atoms with Crippen molar-refractivity contribution in [2.45, 2.75) is 38.1 Å². The van der Waals surface area contributed by atoms with Gasteiger partial charge in [-0.25, -0.2) is 4.39 Å². The van der Waals surface area contributed by atoms with Gasteiger partial charge < -0.3 is 10.1 Å². The molecular weight excluding hydrogens is 355 g/mol. The molecule has 1 heterocycles. The van der Waals surface area contributed by atoms with E-state index in [0.717, 1.165) is 24.4 Å². The minimum absolute atomic E-state index is 0.000202. The lowest BCUT2D eigenvalue weighted by Crippen LogP contribution is -2.40. The second-order valence-corrected chi connectivity index (χ2v) is 7.32. The van der Waals surface area contributed by atoms with Crippen molar-refractivity contribution in [3.63, 3.8) is 0 Å². The first-order chi connectivity index (χ1) is 13.7. The van der Waals surface area contributed by atoms with Gasteiger partial charge in [-0.2, -0.15) is 0 Å². The number of hydrogen-bond donors (Lipinski definition) is 1. The third kappa shape index (κ3) is 5.80. The molecule has 5 heteroatoms. The Bertz CT molecular complexity index is 757. The average molecular weight is 384 g/mol. The van der Waals surface area contributed by atoms with Crippen molar-refractivity contribution < 1.29 is 13.9 Å². The fourth-order valence-electron chi connectivity index (χ4n) is 3.76. The number of likely N-dealkylation sites (tertiary alicyclic amines) is 1. The van der Waals surface area contributed by atoms with Gasteiger partial charge in [0, 0.05) is 13.0 Å². The Kier molecular flexibility index (Phi) is 7.43. The van der Waals surface area contributed by atoms with Crippen molar-refractivity contribution in [3.05, 3.63) is 65.5 Å². The molecule has 3 rings (SSSR count). The van der Waals surface area contributed by atoms with Crippen LogP contribution in [0.4, 0.5) is 4.39 Å². The van der Waals surface area contributed by atoms with Crippen LogP contribution >= 0.6 is 0 Å². The van der Waals surface area contributed by atoms with Crippen molar-refractivity contribution >= 4 is 5.91 Å². The number of carbonyl (C=O) groups is 1. The van der Waals surface area contributed by atoms with E-state index in [4.69, 9.17) is 4.74 Å². The number of halogens is 1. The van der Waals surface area contributed by atoms with Crippen molar-refractivity contribution in [3.8, 4) is 5.75 Å². The van der Waals surface area contributed by atoms with Crippen molar-refractivity contribution in [2.75, 3.05) is 26.7 Å². The normalized spacial score (nSPS) is 15.8. The zero-order valence-corrected chi connectivity index (χ0v) is 16.5. The fraction of sp³-hybridized carbons (Fsp3) is 0.435. The van der Waals surface area contributed by atoms with Crippen LogP contribution in [0.15, 0.2) is 48.5 Å². The molecule has 1 unspecified atom stereocenters. The molecule has 28 heavy (non-hydrogen) atoms. The molecular formula is C23H29FN2O2. The first-order valence-electron chi connectivity index (χ1n) is 10.0. The summed E-state index contributed by atoms with van der Waals surface area (Å²) in [4.78, 5) is 14.8. The first kappa shape index (κ1) is 20.3. The second-order valence-electron chi connectivity index (χ2n) is 7.32. The van der Waals surface area contributed by atoms with Crippen LogP contribution in [0.25, 0.3) is 0 Å². The zero-order chi connectivity index (χ0) is 19.8. The molecule has 1 aliphatic heterocycles. The Morgan fingerprint density at radius 2 is 1.89 bits per heavy atom. The van der Waals surface area contributed by atoms with Gasteiger partial charge in [0.25, 0.3) is 0 Å². The van der Waals surface area contributed by atoms with Crippen LogP contribution < -0.4 is 10.1 Å². The number of rotatable bonds is 8. The fourth-order valence-corrected chi connectivity index (χ4v) is 3.76. The van der Waals surface area contributed by atoms with E-state index in [9.17, 15) is 9.18 Å². The lowest BCUT2D eigenvalue weighted by Gasteiger charge is -2.35. The van der Waals surface area contributed by atoms with Gasteiger partial charge in [-0.05, 0) is 67.7 Å². The monoisotopic (exact) mass is 384 g/mol. The predicted molar refractivity (Wildman–Crippen MR) is 109 cm³/mol. The maximum Gasteiger partial charge on any atom is 0.220 e. The summed E-state index contributed by atoms with van der Waals surface area (Å²) in [6.07, 6.45) is 4.56. The standard InChI is InChI=1S/C23H29FN2O2/c1-28-21-11-9-19(10-12-21)22(26-14-3-2-4-15-26)17-25-23(27)13-8-18-6-5-7-20(24)16-18/h5-7,9-12,16,22H,2-4,8,13-15,17H2,1H3,(H,25,27). The van der Waals surface area contributed by atoms with E-state index in [1.165, 1.54) is 37.0 Å². The third-order valence-electron chi connectivity index (χ3n) is 5.35. The van der Waals surface area contributed by atoms with Gasteiger partial charge in [0.1, 0.15) is 11.6 Å². The highest BCUT2D eigenvalue weighted by Gasteiger charge is 2.23. The summed E-state index contributed by atoms with van der Waals surface area (Å²) < 4.78 is 18.5. The van der Waals surface area contributed by atoms with Gasteiger partial charge in [-0.3, -0.25) is 9.69 Å². The predicted octanol–water partition coefficient (Wildman–Crippen LogP) is 4.11. The second kappa shape index (κ2) is 10.2. The van der Waals surface area contributed by atoms with Crippen LogP contribution in [0.1, 0.15) is 42.9 Å². The van der Waals surface area contributed by atoms with Crippen LogP contribution in [-0.4, -0.2) is 37.6 Å². The molecule has 0 aliphatic carbocycles. The molecule has 1 aliphatic rings. The number of methoxy groups -OCH3 is 1. The molecule has 2 aromatic carbocycles. The molecule has 0 aromatic heterocycles. The summed E-state index contributed by atoms with van der Waals surface area (Å²) in [6.45, 7) is 2.68. The minimum atomic E-state index is -0.262. The Hall–Kier alpha value is -2.40. The maximum absolute atomic E-state index is 13.3. The van der Waals surface area contributed by atoms with E-state index in [-0.39, 0.29) is 17.8 Å². The molecule has 0 bridgehead atoms. The molecule has 1 saturated heterocycles. The van der Waals surface area contributed by atoms with Gasteiger partial charge in [0.2, 0.25) is 5.91 Å². The molecule has 0 saturated carbocycles. The highest BCUT2D eigenvalue weighted by atomic mass is 19.1. The molecule has 0 radical (unpaired) electrons. The number of hydrogen-bond acceptors (Lipinski definition) is 3. The van der Waals surface area contributed by atoms with Gasteiger partial charge in [-0.1, -0.05) is 30.7 Å². The molecule has 1 amide bonds. The van der Waals surface area contributed by atoms with E-state index in [0.29, 0.717) is 19.4 Å². The van der Waals surface area contributed by atoms with E-state index in [1.807, 2.05) is 18.2 Å². The Balaban J connectivity index is 1.59. The van der Waals surface area contributed by atoms with Crippen LogP contribution in [-0.2, 0) is 11.2 Å². The number of nitrogens with one attached hydrogen (secondary N) is 1. The number of benzene rings is 2. The van der Waals surface area contributed by atoms with E-state index >= 15 is 0 Å². The summed E-state index contributed by atoms with van der Waals surface area (Å²) in [5, 5.41) is 3.09. The van der Waals surface area contributed by atoms with Crippen LogP contribution in [0.5, 0.6) is 5.75 Å². The Morgan fingerprint density at radius 1 is 1.14 bits per heavy atom. The molecule has 150 valence electrons. The van der Waals surface area contributed by atoms with Crippen LogP contribution in [0.3, 0.4) is 0 Å². The topological polar surface area (TPSA) is 41.6 Å². The Labute approximate surface area is 166 Å². The summed E-state index contributed by atoms with van der Waals surface area (Å²) >= 11 is 0. The molecule has 0 spiro atoms. The molecule has 1 fully saturated rings. The van der Waals surface area contributed by atoms with E-state index < -0.39 is 0 Å². The lowest BCUT2D eigenvalue weighted by molar-refractivity contribution is -0.121. The average Bonchev–Trinajstić information content (AvgIpc) is 2.74. The van der Waals surface area contributed by atoms with Crippen LogP contribution in [0.2, 0.25) is 0 Å². The SMILES string of the molecule is COc1ccc(C(CNC(=O)CCc2cccc(F)c2)N2CCCCC2)cc1. The van der Waals surface area contributed by atoms with Crippen molar-refractivity contribution in [2.24, 2.45) is 0 Å². The van der Waals surface area contributed by atoms with Crippen molar-refractivity contribution in [1.82, 2.24) is 10.2 Å². The highest BCUT2D eigenvalue weighted by molar-refractivity contribution is 5.76. The number of nitrogens with zero attached hydrogens (tertiary/aromatic N) is 1. The number of piperidine rings is 1. The lowest BCUT2D eigenvalue weighted by atomic mass is 10.0. The van der Waals surface area contributed by atoms with E-state index in [2.05, 4.69) is 22.3 Å². The quantitative estimate of drug-likeness (QED) is 0.745. The molecule has 1 atom stereocenters. The summed E-state index contributed by atoms with van der Waals surface area (Å²) in [5.41, 5.74) is 2.03. The largest absolute Gasteiger partial charge is 0.497 e. The van der Waals surface area contributed by atoms with Crippen LogP contribution in [0, 0.1) is 5.82 Å². The van der Waals surface area contributed by atoms with Gasteiger partial charge >= 0.3 is 0 Å². The smallest absolute Gasteiger partial charge is 0.220 e. The number of amides is 1. The van der Waals surface area contributed by atoms with Gasteiger partial charge in [0.15, 0.2) is 0 Å². The third-order valence-corrected chi connectivity index (χ3v) is 5.35. The molecule has 1 N–H and O–H groups in total. The summed E-state index contributed by atoms with van der Waals surface area (Å²) in [5.74, 6) is 0.572. The minimum Gasteiger partial charge on any atom is -0.497 e. The Morgan fingerprint density at radius 3 is 2.57 bits per heavy atom. The zero-order valence-electron chi connectivity index (χ0n) is 16.5. The van der Waals surface area contributed by atoms with Crippen molar-refractivity contribution in [1.29, 1.82) is 0 Å².